The number of hydrogen-bond donors (Lipinski definition) is 3. The van der Waals surface area contributed by atoms with Crippen LogP contribution in [0.25, 0.3) is 0 Å². The van der Waals surface area contributed by atoms with E-state index in [1.54, 1.807) is 26.1 Å². The molecule has 6 nitrogen and oxygen atoms in total. The van der Waals surface area contributed by atoms with Crippen LogP contribution < -0.4 is 16.0 Å². The fraction of sp³-hybridized carbons (Fsp3) is 0.364. The van der Waals surface area contributed by atoms with Gasteiger partial charge < -0.3 is 20.9 Å². The van der Waals surface area contributed by atoms with Crippen LogP contribution in [-0.2, 0) is 13.1 Å². The zero-order valence-corrected chi connectivity index (χ0v) is 20.3. The molecule has 0 heterocycles. The number of guanidine groups is 1. The van der Waals surface area contributed by atoms with Crippen molar-refractivity contribution in [3.63, 3.8) is 0 Å². The second-order valence-electron chi connectivity index (χ2n) is 7.12. The molecule has 8 heteroatoms. The molecule has 0 fully saturated rings. The summed E-state index contributed by atoms with van der Waals surface area (Å²) >= 11 is 0. The van der Waals surface area contributed by atoms with Gasteiger partial charge in [-0.1, -0.05) is 24.3 Å². The Morgan fingerprint density at radius 3 is 2.30 bits per heavy atom. The highest BCUT2D eigenvalue weighted by molar-refractivity contribution is 14.0. The predicted octanol–water partition coefficient (Wildman–Crippen LogP) is 2.91. The maximum atomic E-state index is 13.7. The van der Waals surface area contributed by atoms with E-state index in [0.29, 0.717) is 36.7 Å². The maximum Gasteiger partial charge on any atom is 0.251 e. The highest BCUT2D eigenvalue weighted by Gasteiger charge is 2.07. The quantitative estimate of drug-likeness (QED) is 0.281. The zero-order chi connectivity index (χ0) is 21.2. The first-order valence-corrected chi connectivity index (χ1v) is 9.60. The van der Waals surface area contributed by atoms with Crippen LogP contribution in [0.4, 0.5) is 4.39 Å². The van der Waals surface area contributed by atoms with Gasteiger partial charge in [-0.3, -0.25) is 9.79 Å². The van der Waals surface area contributed by atoms with E-state index in [-0.39, 0.29) is 35.7 Å². The van der Waals surface area contributed by atoms with E-state index in [9.17, 15) is 9.18 Å². The van der Waals surface area contributed by atoms with Gasteiger partial charge in [0.05, 0.1) is 0 Å². The number of halogens is 2. The maximum absolute atomic E-state index is 13.7. The Labute approximate surface area is 195 Å². The molecule has 0 aliphatic rings. The number of likely N-dealkylation sites (N-methyl/N-ethyl adjacent to an activating group) is 1. The number of aliphatic imine (C=N–C) groups is 1. The van der Waals surface area contributed by atoms with Crippen molar-refractivity contribution in [2.45, 2.75) is 20.0 Å². The first-order valence-electron chi connectivity index (χ1n) is 9.60. The molecular weight excluding hydrogens is 496 g/mol. The number of nitrogens with zero attached hydrogens (tertiary/aromatic N) is 2. The molecule has 2 aromatic carbocycles. The Morgan fingerprint density at radius 1 is 1.03 bits per heavy atom. The molecule has 0 bridgehead atoms. The molecule has 0 saturated heterocycles. The van der Waals surface area contributed by atoms with Gasteiger partial charge in [0.15, 0.2) is 5.96 Å². The van der Waals surface area contributed by atoms with Gasteiger partial charge in [-0.05, 0) is 55.9 Å². The molecule has 0 atom stereocenters. The van der Waals surface area contributed by atoms with Crippen molar-refractivity contribution in [2.24, 2.45) is 4.99 Å². The molecule has 2 rings (SSSR count). The van der Waals surface area contributed by atoms with Crippen molar-refractivity contribution < 1.29 is 9.18 Å². The number of rotatable bonds is 8. The molecule has 164 valence electrons. The normalized spacial score (nSPS) is 11.1. The highest BCUT2D eigenvalue weighted by atomic mass is 127. The van der Waals surface area contributed by atoms with Gasteiger partial charge >= 0.3 is 0 Å². The third-order valence-electron chi connectivity index (χ3n) is 4.41. The van der Waals surface area contributed by atoms with Crippen LogP contribution >= 0.6 is 24.0 Å². The van der Waals surface area contributed by atoms with Gasteiger partial charge in [0.1, 0.15) is 5.82 Å². The Hall–Kier alpha value is -2.20. The summed E-state index contributed by atoms with van der Waals surface area (Å²) in [5.74, 6) is 0.303. The van der Waals surface area contributed by atoms with Crippen LogP contribution in [0, 0.1) is 12.7 Å². The molecule has 30 heavy (non-hydrogen) atoms. The van der Waals surface area contributed by atoms with E-state index >= 15 is 0 Å². The topological polar surface area (TPSA) is 68.8 Å². The summed E-state index contributed by atoms with van der Waals surface area (Å²) in [4.78, 5) is 18.5. The predicted molar refractivity (Wildman–Crippen MR) is 131 cm³/mol. The molecule has 0 saturated carbocycles. The van der Waals surface area contributed by atoms with E-state index in [1.165, 1.54) is 6.07 Å². The van der Waals surface area contributed by atoms with Crippen molar-refractivity contribution in [2.75, 3.05) is 34.2 Å². The Balaban J connectivity index is 0.00000450. The smallest absolute Gasteiger partial charge is 0.251 e. The summed E-state index contributed by atoms with van der Waals surface area (Å²) in [5.41, 5.74) is 3.06. The van der Waals surface area contributed by atoms with E-state index in [4.69, 9.17) is 0 Å². The molecular formula is C22H31FIN5O. The van der Waals surface area contributed by atoms with Gasteiger partial charge in [-0.2, -0.15) is 0 Å². The summed E-state index contributed by atoms with van der Waals surface area (Å²) in [7, 11) is 5.61. The van der Waals surface area contributed by atoms with Crippen LogP contribution in [0.3, 0.4) is 0 Å². The molecule has 2 aromatic rings. The van der Waals surface area contributed by atoms with Crippen LogP contribution in [0.15, 0.2) is 47.5 Å². The number of nitrogens with one attached hydrogen (secondary N) is 3. The van der Waals surface area contributed by atoms with Crippen molar-refractivity contribution >= 4 is 35.8 Å². The van der Waals surface area contributed by atoms with Gasteiger partial charge in [0, 0.05) is 38.8 Å². The third-order valence-corrected chi connectivity index (χ3v) is 4.41. The number of benzene rings is 2. The minimum absolute atomic E-state index is 0. The van der Waals surface area contributed by atoms with Gasteiger partial charge in [0.25, 0.3) is 5.91 Å². The van der Waals surface area contributed by atoms with Crippen molar-refractivity contribution in [1.82, 2.24) is 20.9 Å². The van der Waals surface area contributed by atoms with Crippen LogP contribution in [-0.4, -0.2) is 51.0 Å². The minimum Gasteiger partial charge on any atom is -0.352 e. The number of carbonyl (C=O) groups is 1. The number of hydrogen-bond acceptors (Lipinski definition) is 3. The van der Waals surface area contributed by atoms with Crippen LogP contribution in [0.2, 0.25) is 0 Å². The Morgan fingerprint density at radius 2 is 1.70 bits per heavy atom. The second-order valence-corrected chi connectivity index (χ2v) is 7.12. The average molecular weight is 527 g/mol. The first-order chi connectivity index (χ1) is 13.9. The van der Waals surface area contributed by atoms with E-state index < -0.39 is 0 Å². The van der Waals surface area contributed by atoms with Crippen molar-refractivity contribution in [3.8, 4) is 0 Å². The van der Waals surface area contributed by atoms with Crippen LogP contribution in [0.5, 0.6) is 0 Å². The molecule has 0 radical (unpaired) electrons. The first kappa shape index (κ1) is 25.8. The van der Waals surface area contributed by atoms with Crippen LogP contribution in [0.1, 0.15) is 27.0 Å². The van der Waals surface area contributed by atoms with Gasteiger partial charge in [0.2, 0.25) is 0 Å². The standard InChI is InChI=1S/C22H30FN5O.HI/c1-16-8-9-18(13-20(16)23)15-27-22(24-2)26-14-17-6-5-7-19(12-17)21(29)25-10-11-28(3)4;/h5-9,12-13H,10-11,14-15H2,1-4H3,(H,25,29)(H2,24,26,27);1H. The average Bonchev–Trinajstić information content (AvgIpc) is 2.70. The lowest BCUT2D eigenvalue weighted by molar-refractivity contribution is 0.0951. The lowest BCUT2D eigenvalue weighted by Gasteiger charge is -2.13. The Kier molecular flexibility index (Phi) is 11.3. The highest BCUT2D eigenvalue weighted by Crippen LogP contribution is 2.09. The summed E-state index contributed by atoms with van der Waals surface area (Å²) in [6.07, 6.45) is 0. The summed E-state index contributed by atoms with van der Waals surface area (Å²) in [6.45, 7) is 4.11. The number of carbonyl (C=O) groups excluding carboxylic acids is 1. The molecule has 0 unspecified atom stereocenters. The van der Waals surface area contributed by atoms with Gasteiger partial charge in [-0.25, -0.2) is 4.39 Å². The number of amides is 1. The lowest BCUT2D eigenvalue weighted by atomic mass is 10.1. The second kappa shape index (κ2) is 13.2. The Bertz CT molecular complexity index is 857. The zero-order valence-electron chi connectivity index (χ0n) is 18.0. The molecule has 0 aliphatic carbocycles. The molecule has 3 N–H and O–H groups in total. The van der Waals surface area contributed by atoms with Gasteiger partial charge in [-0.15, -0.1) is 24.0 Å². The fourth-order valence-electron chi connectivity index (χ4n) is 2.66. The monoisotopic (exact) mass is 527 g/mol. The fourth-order valence-corrected chi connectivity index (χ4v) is 2.66. The SMILES string of the molecule is CN=C(NCc1cccc(C(=O)NCCN(C)C)c1)NCc1ccc(C)c(F)c1.I. The van der Waals surface area contributed by atoms with E-state index in [1.807, 2.05) is 43.3 Å². The van der Waals surface area contributed by atoms with Crippen molar-refractivity contribution in [3.05, 3.63) is 70.5 Å². The van der Waals surface area contributed by atoms with E-state index in [2.05, 4.69) is 20.9 Å². The minimum atomic E-state index is -0.215. The van der Waals surface area contributed by atoms with E-state index in [0.717, 1.165) is 17.7 Å². The molecule has 1 amide bonds. The third kappa shape index (κ3) is 8.66. The molecule has 0 spiro atoms. The molecule has 0 aliphatic heterocycles. The summed E-state index contributed by atoms with van der Waals surface area (Å²) < 4.78 is 13.7. The number of aryl methyl sites for hydroxylation is 1. The summed E-state index contributed by atoms with van der Waals surface area (Å²) in [5, 5.41) is 9.29. The largest absolute Gasteiger partial charge is 0.352 e. The summed E-state index contributed by atoms with van der Waals surface area (Å²) in [6, 6.07) is 12.6. The lowest BCUT2D eigenvalue weighted by Crippen LogP contribution is -2.36. The molecule has 0 aromatic heterocycles. The van der Waals surface area contributed by atoms with Crippen molar-refractivity contribution in [1.29, 1.82) is 0 Å².